The first-order chi connectivity index (χ1) is 19.0. The molecule has 1 fully saturated rings. The minimum atomic E-state index is -1.19. The largest absolute Gasteiger partial charge is 0.463 e. The molecular weight excluding hydrogens is 574 g/mol. The zero-order chi connectivity index (χ0) is 29.0. The van der Waals surface area contributed by atoms with Gasteiger partial charge in [-0.05, 0) is 24.3 Å². The van der Waals surface area contributed by atoms with Gasteiger partial charge in [-0.25, -0.2) is 13.5 Å². The average Bonchev–Trinajstić information content (AvgIpc) is 3.35. The fourth-order valence-electron chi connectivity index (χ4n) is 4.08. The molecule has 15 heteroatoms. The Hall–Kier alpha value is -3.62. The van der Waals surface area contributed by atoms with Gasteiger partial charge >= 0.3 is 17.9 Å². The van der Waals surface area contributed by atoms with Gasteiger partial charge in [-0.2, -0.15) is 0 Å². The number of hydrogen-bond donors (Lipinski definition) is 0. The van der Waals surface area contributed by atoms with Crippen LogP contribution in [0, 0.1) is 11.6 Å². The Bertz CT molecular complexity index is 1410. The quantitative estimate of drug-likeness (QED) is 0.278. The van der Waals surface area contributed by atoms with E-state index in [-0.39, 0.29) is 17.9 Å². The van der Waals surface area contributed by atoms with Gasteiger partial charge in [-0.3, -0.25) is 19.4 Å². The molecule has 0 N–H and O–H groups in total. The third-order valence-corrected chi connectivity index (χ3v) is 6.95. The van der Waals surface area contributed by atoms with E-state index in [4.69, 9.17) is 30.5 Å². The van der Waals surface area contributed by atoms with E-state index in [1.54, 1.807) is 6.07 Å². The van der Waals surface area contributed by atoms with Gasteiger partial charge in [-0.1, -0.05) is 28.6 Å². The molecule has 1 saturated heterocycles. The summed E-state index contributed by atoms with van der Waals surface area (Å²) < 4.78 is 51.3. The van der Waals surface area contributed by atoms with Crippen LogP contribution in [0.25, 0.3) is 11.3 Å². The van der Waals surface area contributed by atoms with Gasteiger partial charge < -0.3 is 18.9 Å². The van der Waals surface area contributed by atoms with Gasteiger partial charge in [0.05, 0.1) is 11.2 Å². The van der Waals surface area contributed by atoms with Gasteiger partial charge in [0, 0.05) is 43.6 Å². The molecule has 1 aliphatic heterocycles. The number of aromatic nitrogens is 4. The third kappa shape index (κ3) is 7.11. The maximum atomic E-state index is 13.9. The number of halogens is 3. The number of esters is 3. The summed E-state index contributed by atoms with van der Waals surface area (Å²) in [6.45, 7) is 3.26. The van der Waals surface area contributed by atoms with E-state index >= 15 is 0 Å². The van der Waals surface area contributed by atoms with Crippen molar-refractivity contribution >= 4 is 41.3 Å². The minimum absolute atomic E-state index is 0.160. The van der Waals surface area contributed by atoms with Crippen molar-refractivity contribution in [1.29, 1.82) is 0 Å². The molecule has 4 rings (SSSR count). The summed E-state index contributed by atoms with van der Waals surface area (Å²) in [4.78, 5) is 40.7. The summed E-state index contributed by atoms with van der Waals surface area (Å²) in [7, 11) is 0. The molecule has 1 aliphatic rings. The predicted octanol–water partition coefficient (Wildman–Crippen LogP) is 3.76. The molecule has 40 heavy (non-hydrogen) atoms. The van der Waals surface area contributed by atoms with Crippen LogP contribution in [0.15, 0.2) is 47.8 Å². The standard InChI is InChI=1S/C25H23ClF2N4O7S/c1-12(33)36-11-21-23(37-13(2)34)22(32-10-20(30-31-32)15-4-5-18(27)19(28)6-15)24(38-14(3)35)25(39-21)40-17-7-16(26)8-29-9-17/h4-10,21-25H,11H2,1-3H3/t21?,22?,23-,24-,25+/m0/s1. The number of ether oxygens (including phenoxy) is 4. The average molecular weight is 597 g/mol. The fraction of sp³-hybridized carbons (Fsp3) is 0.360. The van der Waals surface area contributed by atoms with Crippen LogP contribution in [0.1, 0.15) is 26.8 Å². The van der Waals surface area contributed by atoms with E-state index in [1.165, 1.54) is 50.1 Å². The Labute approximate surface area is 236 Å². The second kappa shape index (κ2) is 12.7. The van der Waals surface area contributed by atoms with Crippen LogP contribution in [0.5, 0.6) is 0 Å². The van der Waals surface area contributed by atoms with Gasteiger partial charge in [0.15, 0.2) is 23.8 Å². The van der Waals surface area contributed by atoms with Crippen molar-refractivity contribution in [1.82, 2.24) is 20.0 Å². The monoisotopic (exact) mass is 596 g/mol. The molecule has 5 atom stereocenters. The third-order valence-electron chi connectivity index (χ3n) is 5.63. The van der Waals surface area contributed by atoms with Gasteiger partial charge in [-0.15, -0.1) is 5.10 Å². The molecule has 212 valence electrons. The molecule has 0 radical (unpaired) electrons. The van der Waals surface area contributed by atoms with Crippen molar-refractivity contribution in [3.05, 3.63) is 59.5 Å². The highest BCUT2D eigenvalue weighted by Crippen LogP contribution is 2.41. The molecule has 0 amide bonds. The highest BCUT2D eigenvalue weighted by molar-refractivity contribution is 7.99. The van der Waals surface area contributed by atoms with E-state index in [0.29, 0.717) is 9.92 Å². The Morgan fingerprint density at radius 2 is 1.75 bits per heavy atom. The molecule has 2 unspecified atom stereocenters. The van der Waals surface area contributed by atoms with E-state index in [2.05, 4.69) is 15.3 Å². The Morgan fingerprint density at radius 1 is 1.02 bits per heavy atom. The second-order valence-corrected chi connectivity index (χ2v) is 10.3. The van der Waals surface area contributed by atoms with Crippen LogP contribution in [0.3, 0.4) is 0 Å². The van der Waals surface area contributed by atoms with Crippen molar-refractivity contribution in [2.75, 3.05) is 6.61 Å². The van der Waals surface area contributed by atoms with Crippen molar-refractivity contribution < 1.29 is 42.1 Å². The van der Waals surface area contributed by atoms with Gasteiger partial charge in [0.2, 0.25) is 0 Å². The molecule has 3 aromatic rings. The number of thioether (sulfide) groups is 1. The first-order valence-electron chi connectivity index (χ1n) is 11.8. The van der Waals surface area contributed by atoms with Crippen LogP contribution >= 0.6 is 23.4 Å². The summed E-state index contributed by atoms with van der Waals surface area (Å²) >= 11 is 7.21. The Balaban J connectivity index is 1.80. The minimum Gasteiger partial charge on any atom is -0.463 e. The summed E-state index contributed by atoms with van der Waals surface area (Å²) in [6.07, 6.45) is 1.01. The normalized spacial score (nSPS) is 22.4. The van der Waals surface area contributed by atoms with Crippen LogP contribution < -0.4 is 0 Å². The number of nitrogens with zero attached hydrogens (tertiary/aromatic N) is 4. The molecular formula is C25H23ClF2N4O7S. The lowest BCUT2D eigenvalue weighted by Gasteiger charge is -2.44. The SMILES string of the molecule is CC(=O)OCC1O[C@H](Sc2cncc(Cl)c2)[C@@H](OC(C)=O)C(n2cc(-c3ccc(F)c(F)c3)nn2)[C@H]1OC(C)=O. The first kappa shape index (κ1) is 29.4. The molecule has 0 aliphatic carbocycles. The molecule has 0 bridgehead atoms. The first-order valence-corrected chi connectivity index (χ1v) is 13.1. The smallest absolute Gasteiger partial charge is 0.303 e. The van der Waals surface area contributed by atoms with Crippen LogP contribution in [-0.4, -0.2) is 68.2 Å². The molecule has 2 aromatic heterocycles. The number of hydrogen-bond acceptors (Lipinski definition) is 11. The van der Waals surface area contributed by atoms with E-state index in [0.717, 1.165) is 23.9 Å². The van der Waals surface area contributed by atoms with Crippen LogP contribution in [-0.2, 0) is 33.3 Å². The van der Waals surface area contributed by atoms with Crippen LogP contribution in [0.2, 0.25) is 5.02 Å². The zero-order valence-corrected chi connectivity index (χ0v) is 22.9. The Kier molecular flexibility index (Phi) is 9.32. The van der Waals surface area contributed by atoms with Gasteiger partial charge in [0.25, 0.3) is 0 Å². The van der Waals surface area contributed by atoms with Crippen molar-refractivity contribution in [2.24, 2.45) is 0 Å². The number of pyridine rings is 1. The lowest BCUT2D eigenvalue weighted by atomic mass is 9.96. The molecule has 0 saturated carbocycles. The highest BCUT2D eigenvalue weighted by Gasteiger charge is 2.52. The number of benzene rings is 1. The summed E-state index contributed by atoms with van der Waals surface area (Å²) in [5, 5.41) is 8.54. The number of rotatable bonds is 8. The second-order valence-electron chi connectivity index (χ2n) is 8.65. The Morgan fingerprint density at radius 3 is 2.40 bits per heavy atom. The molecule has 0 spiro atoms. The van der Waals surface area contributed by atoms with Crippen molar-refractivity contribution in [3.8, 4) is 11.3 Å². The fourth-order valence-corrected chi connectivity index (χ4v) is 5.45. The van der Waals surface area contributed by atoms with E-state index in [9.17, 15) is 23.2 Å². The zero-order valence-electron chi connectivity index (χ0n) is 21.3. The summed E-state index contributed by atoms with van der Waals surface area (Å²) in [5.74, 6) is -4.09. The van der Waals surface area contributed by atoms with Gasteiger partial charge in [0.1, 0.15) is 29.9 Å². The lowest BCUT2D eigenvalue weighted by molar-refractivity contribution is -0.212. The number of carbonyl (C=O) groups is 3. The molecule has 1 aromatic carbocycles. The maximum Gasteiger partial charge on any atom is 0.303 e. The maximum absolute atomic E-state index is 13.9. The van der Waals surface area contributed by atoms with E-state index in [1.807, 2.05) is 0 Å². The summed E-state index contributed by atoms with van der Waals surface area (Å²) in [5.41, 5.74) is -0.580. The van der Waals surface area contributed by atoms with E-state index < -0.39 is 59.3 Å². The predicted molar refractivity (Wildman–Crippen MR) is 136 cm³/mol. The van der Waals surface area contributed by atoms with Crippen molar-refractivity contribution in [3.63, 3.8) is 0 Å². The topological polar surface area (TPSA) is 132 Å². The van der Waals surface area contributed by atoms with Crippen molar-refractivity contribution in [2.45, 2.75) is 55.5 Å². The van der Waals surface area contributed by atoms with Crippen LogP contribution in [0.4, 0.5) is 8.78 Å². The summed E-state index contributed by atoms with van der Waals surface area (Å²) in [6, 6.07) is 3.78. The molecule has 3 heterocycles. The molecule has 11 nitrogen and oxygen atoms in total. The number of carbonyl (C=O) groups excluding carboxylic acids is 3. The lowest BCUT2D eigenvalue weighted by Crippen LogP contribution is -2.57. The highest BCUT2D eigenvalue weighted by atomic mass is 35.5.